The van der Waals surface area contributed by atoms with Crippen LogP contribution in [0.2, 0.25) is 0 Å². The first-order valence-corrected chi connectivity index (χ1v) is 6.60. The summed E-state index contributed by atoms with van der Waals surface area (Å²) in [6.07, 6.45) is 9.18. The Labute approximate surface area is 102 Å². The molecule has 90 valence electrons. The first-order valence-electron chi connectivity index (χ1n) is 6.06. The highest BCUT2D eigenvalue weighted by molar-refractivity contribution is 6.18. The Morgan fingerprint density at radius 3 is 3.00 bits per heavy atom. The van der Waals surface area contributed by atoms with Crippen molar-refractivity contribution >= 4 is 11.6 Å². The molecule has 0 amide bonds. The number of aryl methyl sites for hydroxylation is 1. The molecule has 2 unspecified atom stereocenters. The molecule has 0 saturated heterocycles. The van der Waals surface area contributed by atoms with Gasteiger partial charge in [0.15, 0.2) is 0 Å². The topological polar surface area (TPSA) is 29.9 Å². The normalized spacial score (nSPS) is 25.9. The standard InChI is InChI=1S/C12H20ClN3/c1-16-9-10(8-15-16)7-14-12-5-3-2-4-11(12)6-13/h8-9,11-12,14H,2-7H2,1H3. The number of nitrogens with one attached hydrogen (secondary N) is 1. The Kier molecular flexibility index (Phi) is 4.24. The number of rotatable bonds is 4. The fourth-order valence-corrected chi connectivity index (χ4v) is 2.84. The molecular weight excluding hydrogens is 222 g/mol. The summed E-state index contributed by atoms with van der Waals surface area (Å²) in [6, 6.07) is 0.589. The van der Waals surface area contributed by atoms with Gasteiger partial charge in [-0.3, -0.25) is 4.68 Å². The average Bonchev–Trinajstić information content (AvgIpc) is 2.73. The molecule has 4 heteroatoms. The fourth-order valence-electron chi connectivity index (χ4n) is 2.47. The molecule has 0 aliphatic heterocycles. The highest BCUT2D eigenvalue weighted by Crippen LogP contribution is 2.25. The smallest absolute Gasteiger partial charge is 0.0534 e. The molecular formula is C12H20ClN3. The van der Waals surface area contributed by atoms with Gasteiger partial charge in [-0.15, -0.1) is 11.6 Å². The van der Waals surface area contributed by atoms with Crippen molar-refractivity contribution in [3.05, 3.63) is 18.0 Å². The Hall–Kier alpha value is -0.540. The van der Waals surface area contributed by atoms with Crippen molar-refractivity contribution in [1.82, 2.24) is 15.1 Å². The van der Waals surface area contributed by atoms with Crippen LogP contribution in [0.4, 0.5) is 0 Å². The summed E-state index contributed by atoms with van der Waals surface area (Å²) >= 11 is 6.00. The summed E-state index contributed by atoms with van der Waals surface area (Å²) in [5.41, 5.74) is 1.25. The van der Waals surface area contributed by atoms with E-state index in [0.29, 0.717) is 12.0 Å². The van der Waals surface area contributed by atoms with Crippen molar-refractivity contribution in [2.24, 2.45) is 13.0 Å². The van der Waals surface area contributed by atoms with Crippen molar-refractivity contribution in [2.45, 2.75) is 38.3 Å². The molecule has 1 aliphatic rings. The van der Waals surface area contributed by atoms with Gasteiger partial charge >= 0.3 is 0 Å². The van der Waals surface area contributed by atoms with Crippen LogP contribution in [0.25, 0.3) is 0 Å². The first kappa shape index (κ1) is 11.9. The van der Waals surface area contributed by atoms with Gasteiger partial charge in [0, 0.05) is 37.3 Å². The minimum Gasteiger partial charge on any atom is -0.309 e. The largest absolute Gasteiger partial charge is 0.309 e. The van der Waals surface area contributed by atoms with E-state index in [2.05, 4.69) is 16.6 Å². The van der Waals surface area contributed by atoms with E-state index in [-0.39, 0.29) is 0 Å². The van der Waals surface area contributed by atoms with Gasteiger partial charge in [0.1, 0.15) is 0 Å². The van der Waals surface area contributed by atoms with Crippen LogP contribution in [-0.2, 0) is 13.6 Å². The highest BCUT2D eigenvalue weighted by atomic mass is 35.5. The van der Waals surface area contributed by atoms with E-state index in [9.17, 15) is 0 Å². The van der Waals surface area contributed by atoms with Crippen LogP contribution >= 0.6 is 11.6 Å². The van der Waals surface area contributed by atoms with E-state index in [1.807, 2.05) is 17.9 Å². The lowest BCUT2D eigenvalue weighted by molar-refractivity contribution is 0.282. The summed E-state index contributed by atoms with van der Waals surface area (Å²) in [5.74, 6) is 1.43. The number of aromatic nitrogens is 2. The second-order valence-electron chi connectivity index (χ2n) is 4.71. The summed E-state index contributed by atoms with van der Waals surface area (Å²) in [5, 5.41) is 7.78. The van der Waals surface area contributed by atoms with Crippen LogP contribution < -0.4 is 5.32 Å². The minimum absolute atomic E-state index is 0.589. The lowest BCUT2D eigenvalue weighted by Gasteiger charge is -2.30. The summed E-state index contributed by atoms with van der Waals surface area (Å²) in [6.45, 7) is 0.909. The SMILES string of the molecule is Cn1cc(CNC2CCCCC2CCl)cn1. The van der Waals surface area contributed by atoms with Crippen molar-refractivity contribution in [2.75, 3.05) is 5.88 Å². The molecule has 0 spiro atoms. The van der Waals surface area contributed by atoms with Crippen LogP contribution in [0.5, 0.6) is 0 Å². The average molecular weight is 242 g/mol. The van der Waals surface area contributed by atoms with E-state index >= 15 is 0 Å². The third-order valence-electron chi connectivity index (χ3n) is 3.43. The van der Waals surface area contributed by atoms with Crippen molar-refractivity contribution in [3.8, 4) is 0 Å². The number of hydrogen-bond acceptors (Lipinski definition) is 2. The third-order valence-corrected chi connectivity index (χ3v) is 3.83. The molecule has 1 aromatic rings. The van der Waals surface area contributed by atoms with Gasteiger partial charge in [0.05, 0.1) is 6.20 Å². The molecule has 0 radical (unpaired) electrons. The zero-order valence-electron chi connectivity index (χ0n) is 9.82. The molecule has 1 aliphatic carbocycles. The zero-order chi connectivity index (χ0) is 11.4. The van der Waals surface area contributed by atoms with Gasteiger partial charge in [-0.25, -0.2) is 0 Å². The van der Waals surface area contributed by atoms with Gasteiger partial charge in [0.2, 0.25) is 0 Å². The Morgan fingerprint density at radius 1 is 1.50 bits per heavy atom. The Bertz CT molecular complexity index is 324. The Morgan fingerprint density at radius 2 is 2.31 bits per heavy atom. The minimum atomic E-state index is 0.589. The maximum atomic E-state index is 6.00. The molecule has 0 bridgehead atoms. The molecule has 1 fully saturated rings. The molecule has 1 N–H and O–H groups in total. The summed E-state index contributed by atoms with van der Waals surface area (Å²) in [7, 11) is 1.95. The molecule has 2 rings (SSSR count). The van der Waals surface area contributed by atoms with E-state index < -0.39 is 0 Å². The van der Waals surface area contributed by atoms with Crippen LogP contribution in [0.3, 0.4) is 0 Å². The third kappa shape index (κ3) is 2.98. The number of halogens is 1. The Balaban J connectivity index is 1.84. The molecule has 2 atom stereocenters. The van der Waals surface area contributed by atoms with Crippen molar-refractivity contribution in [3.63, 3.8) is 0 Å². The predicted molar refractivity (Wildman–Crippen MR) is 66.5 cm³/mol. The van der Waals surface area contributed by atoms with Gasteiger partial charge in [0.25, 0.3) is 0 Å². The number of nitrogens with zero attached hydrogens (tertiary/aromatic N) is 2. The quantitative estimate of drug-likeness (QED) is 0.820. The first-order chi connectivity index (χ1) is 7.79. The lowest BCUT2D eigenvalue weighted by atomic mass is 9.86. The maximum Gasteiger partial charge on any atom is 0.0534 e. The number of hydrogen-bond donors (Lipinski definition) is 1. The van der Waals surface area contributed by atoms with E-state index in [1.165, 1.54) is 31.2 Å². The van der Waals surface area contributed by atoms with Crippen LogP contribution in [0.1, 0.15) is 31.2 Å². The second-order valence-corrected chi connectivity index (χ2v) is 5.02. The highest BCUT2D eigenvalue weighted by Gasteiger charge is 2.23. The number of alkyl halides is 1. The van der Waals surface area contributed by atoms with Crippen LogP contribution in [0.15, 0.2) is 12.4 Å². The molecule has 1 saturated carbocycles. The van der Waals surface area contributed by atoms with Crippen molar-refractivity contribution < 1.29 is 0 Å². The van der Waals surface area contributed by atoms with E-state index in [0.717, 1.165) is 12.4 Å². The van der Waals surface area contributed by atoms with Gasteiger partial charge in [-0.1, -0.05) is 12.8 Å². The molecule has 16 heavy (non-hydrogen) atoms. The summed E-state index contributed by atoms with van der Waals surface area (Å²) < 4.78 is 1.84. The fraction of sp³-hybridized carbons (Fsp3) is 0.750. The maximum absolute atomic E-state index is 6.00. The molecule has 0 aromatic carbocycles. The van der Waals surface area contributed by atoms with Crippen LogP contribution in [0, 0.1) is 5.92 Å². The molecule has 3 nitrogen and oxygen atoms in total. The van der Waals surface area contributed by atoms with Crippen LogP contribution in [-0.4, -0.2) is 21.7 Å². The molecule has 1 aromatic heterocycles. The van der Waals surface area contributed by atoms with Gasteiger partial charge in [-0.2, -0.15) is 5.10 Å². The van der Waals surface area contributed by atoms with Gasteiger partial charge in [-0.05, 0) is 18.8 Å². The van der Waals surface area contributed by atoms with E-state index in [4.69, 9.17) is 11.6 Å². The lowest BCUT2D eigenvalue weighted by Crippen LogP contribution is -2.38. The van der Waals surface area contributed by atoms with Crippen molar-refractivity contribution in [1.29, 1.82) is 0 Å². The van der Waals surface area contributed by atoms with E-state index in [1.54, 1.807) is 0 Å². The summed E-state index contributed by atoms with van der Waals surface area (Å²) in [4.78, 5) is 0. The predicted octanol–water partition coefficient (Wildman–Crippen LogP) is 2.31. The van der Waals surface area contributed by atoms with Gasteiger partial charge < -0.3 is 5.32 Å². The zero-order valence-corrected chi connectivity index (χ0v) is 10.6. The second kappa shape index (κ2) is 5.69. The molecule has 1 heterocycles. The monoisotopic (exact) mass is 241 g/mol.